The van der Waals surface area contributed by atoms with Crippen molar-refractivity contribution in [2.75, 3.05) is 10.6 Å². The van der Waals surface area contributed by atoms with E-state index in [-0.39, 0.29) is 11.8 Å². The molecule has 8 nitrogen and oxygen atoms in total. The number of anilines is 2. The average Bonchev–Trinajstić information content (AvgIpc) is 3.14. The minimum atomic E-state index is 0.234. The fourth-order valence-corrected chi connectivity index (χ4v) is 4.36. The van der Waals surface area contributed by atoms with Gasteiger partial charge in [0, 0.05) is 33.8 Å². The first-order valence-corrected chi connectivity index (χ1v) is 11.5. The van der Waals surface area contributed by atoms with Crippen molar-refractivity contribution in [3.8, 4) is 5.75 Å². The largest absolute Gasteiger partial charge is 0.508 e. The van der Waals surface area contributed by atoms with E-state index in [1.807, 2.05) is 23.0 Å². The van der Waals surface area contributed by atoms with Crippen molar-refractivity contribution in [2.24, 2.45) is 5.73 Å². The quantitative estimate of drug-likeness (QED) is 0.363. The number of nitrogens with two attached hydrogens (primary N) is 1. The highest BCUT2D eigenvalue weighted by atomic mass is 127. The van der Waals surface area contributed by atoms with Crippen molar-refractivity contribution < 1.29 is 5.11 Å². The lowest BCUT2D eigenvalue weighted by Crippen LogP contribution is -2.33. The average molecular weight is 521 g/mol. The second-order valence-electron chi connectivity index (χ2n) is 8.20. The molecule has 0 radical (unpaired) electrons. The molecule has 1 aliphatic carbocycles. The Balaban J connectivity index is 1.64. The van der Waals surface area contributed by atoms with Crippen molar-refractivity contribution in [1.82, 2.24) is 19.5 Å². The smallest absolute Gasteiger partial charge is 0.227 e. The van der Waals surface area contributed by atoms with Crippen LogP contribution in [0.3, 0.4) is 0 Å². The first kappa shape index (κ1) is 21.1. The van der Waals surface area contributed by atoms with E-state index >= 15 is 0 Å². The predicted molar refractivity (Wildman–Crippen MR) is 128 cm³/mol. The van der Waals surface area contributed by atoms with Crippen LogP contribution in [0.2, 0.25) is 0 Å². The highest BCUT2D eigenvalue weighted by Gasteiger charge is 2.21. The molecule has 1 fully saturated rings. The summed E-state index contributed by atoms with van der Waals surface area (Å²) >= 11 is 2.24. The maximum absolute atomic E-state index is 10.2. The summed E-state index contributed by atoms with van der Waals surface area (Å²) < 4.78 is 3.12. The normalized spacial score (nSPS) is 19.4. The standard InChI is InChI=1S/C21H28IN7O/c1-12(2)29-11-25-18-19(24-10-13-9-14(22)3-8-17(13)30)27-21(28-20(18)29)26-16-6-4-15(23)5-7-16/h3,8-9,11-12,15-16,30H,4-7,10,23H2,1-2H3,(H2,24,26,27,28). The Hall–Kier alpha value is -2.14. The number of halogens is 1. The highest BCUT2D eigenvalue weighted by molar-refractivity contribution is 14.1. The van der Waals surface area contributed by atoms with Crippen molar-refractivity contribution in [1.29, 1.82) is 0 Å². The fraction of sp³-hybridized carbons (Fsp3) is 0.476. The maximum atomic E-state index is 10.2. The van der Waals surface area contributed by atoms with Gasteiger partial charge in [0.2, 0.25) is 5.95 Å². The summed E-state index contributed by atoms with van der Waals surface area (Å²) in [7, 11) is 0. The number of phenolic OH excluding ortho intramolecular Hbond substituents is 1. The van der Waals surface area contributed by atoms with Gasteiger partial charge in [0.1, 0.15) is 5.75 Å². The molecular weight excluding hydrogens is 493 g/mol. The molecule has 2 heterocycles. The third kappa shape index (κ3) is 4.61. The summed E-state index contributed by atoms with van der Waals surface area (Å²) in [6.45, 7) is 4.66. The van der Waals surface area contributed by atoms with E-state index in [1.54, 1.807) is 6.07 Å². The second kappa shape index (κ2) is 8.93. The van der Waals surface area contributed by atoms with Gasteiger partial charge in [-0.1, -0.05) is 0 Å². The highest BCUT2D eigenvalue weighted by Crippen LogP contribution is 2.27. The fourth-order valence-electron chi connectivity index (χ4n) is 3.80. The number of aromatic nitrogens is 4. The van der Waals surface area contributed by atoms with E-state index < -0.39 is 0 Å². The molecular formula is C21H28IN7O. The minimum Gasteiger partial charge on any atom is -0.508 e. The zero-order valence-corrected chi connectivity index (χ0v) is 19.4. The number of aromatic hydroxyl groups is 1. The minimum absolute atomic E-state index is 0.234. The van der Waals surface area contributed by atoms with Gasteiger partial charge in [0.25, 0.3) is 0 Å². The number of imidazole rings is 1. The zero-order valence-electron chi connectivity index (χ0n) is 17.3. The van der Waals surface area contributed by atoms with Gasteiger partial charge in [-0.15, -0.1) is 0 Å². The van der Waals surface area contributed by atoms with Crippen LogP contribution in [0.5, 0.6) is 5.75 Å². The number of nitrogens with zero attached hydrogens (tertiary/aromatic N) is 4. The van der Waals surface area contributed by atoms with Crippen LogP contribution in [0.15, 0.2) is 24.5 Å². The van der Waals surface area contributed by atoms with Gasteiger partial charge >= 0.3 is 0 Å². The van der Waals surface area contributed by atoms with Gasteiger partial charge in [-0.25, -0.2) is 4.98 Å². The molecule has 1 aliphatic rings. The zero-order chi connectivity index (χ0) is 21.3. The van der Waals surface area contributed by atoms with Crippen LogP contribution < -0.4 is 16.4 Å². The van der Waals surface area contributed by atoms with Crippen LogP contribution in [0, 0.1) is 3.57 Å². The number of nitrogens with one attached hydrogen (secondary N) is 2. The van der Waals surface area contributed by atoms with Gasteiger partial charge in [-0.2, -0.15) is 9.97 Å². The van der Waals surface area contributed by atoms with E-state index in [0.29, 0.717) is 30.4 Å². The second-order valence-corrected chi connectivity index (χ2v) is 9.44. The number of rotatable bonds is 6. The Morgan fingerprint density at radius 3 is 2.73 bits per heavy atom. The predicted octanol–water partition coefficient (Wildman–Crippen LogP) is 4.01. The van der Waals surface area contributed by atoms with Crippen LogP contribution in [-0.4, -0.2) is 36.7 Å². The number of phenols is 1. The molecule has 9 heteroatoms. The molecule has 0 amide bonds. The van der Waals surface area contributed by atoms with Gasteiger partial charge < -0.3 is 26.0 Å². The third-order valence-corrected chi connectivity index (χ3v) is 6.24. The summed E-state index contributed by atoms with van der Waals surface area (Å²) in [4.78, 5) is 14.1. The van der Waals surface area contributed by atoms with Crippen molar-refractivity contribution in [3.05, 3.63) is 33.7 Å². The van der Waals surface area contributed by atoms with Crippen molar-refractivity contribution in [2.45, 2.75) is 64.2 Å². The molecule has 3 aromatic rings. The van der Waals surface area contributed by atoms with Gasteiger partial charge in [-0.3, -0.25) is 0 Å². The molecule has 5 N–H and O–H groups in total. The molecule has 0 unspecified atom stereocenters. The van der Waals surface area contributed by atoms with E-state index in [1.165, 1.54) is 0 Å². The van der Waals surface area contributed by atoms with Gasteiger partial charge in [-0.05, 0) is 80.3 Å². The molecule has 0 spiro atoms. The first-order chi connectivity index (χ1) is 14.4. The summed E-state index contributed by atoms with van der Waals surface area (Å²) in [5.41, 5.74) is 8.38. The molecule has 4 rings (SSSR count). The van der Waals surface area contributed by atoms with E-state index in [2.05, 4.69) is 52.1 Å². The first-order valence-electron chi connectivity index (χ1n) is 10.4. The lowest BCUT2D eigenvalue weighted by Gasteiger charge is -2.27. The molecule has 0 saturated heterocycles. The van der Waals surface area contributed by atoms with E-state index in [0.717, 1.165) is 46.0 Å². The number of fused-ring (bicyclic) bond motifs is 1. The molecule has 1 saturated carbocycles. The molecule has 0 aliphatic heterocycles. The summed E-state index contributed by atoms with van der Waals surface area (Å²) in [5, 5.41) is 17.0. The molecule has 2 aromatic heterocycles. The number of benzene rings is 1. The molecule has 0 bridgehead atoms. The lowest BCUT2D eigenvalue weighted by atomic mass is 9.92. The summed E-state index contributed by atoms with van der Waals surface area (Å²) in [5.74, 6) is 1.52. The van der Waals surface area contributed by atoms with Crippen LogP contribution >= 0.6 is 22.6 Å². The molecule has 30 heavy (non-hydrogen) atoms. The maximum Gasteiger partial charge on any atom is 0.227 e. The van der Waals surface area contributed by atoms with Crippen LogP contribution in [0.25, 0.3) is 11.2 Å². The van der Waals surface area contributed by atoms with Gasteiger partial charge in [0.15, 0.2) is 17.0 Å². The Labute approximate surface area is 189 Å². The van der Waals surface area contributed by atoms with E-state index in [9.17, 15) is 5.11 Å². The topological polar surface area (TPSA) is 114 Å². The Morgan fingerprint density at radius 1 is 1.23 bits per heavy atom. The van der Waals surface area contributed by atoms with Crippen molar-refractivity contribution in [3.63, 3.8) is 0 Å². The van der Waals surface area contributed by atoms with Crippen molar-refractivity contribution >= 4 is 45.5 Å². The SMILES string of the molecule is CC(C)n1cnc2c(NCc3cc(I)ccc3O)nc(NC3CCC(N)CC3)nc21. The van der Waals surface area contributed by atoms with Crippen LogP contribution in [0.1, 0.15) is 51.1 Å². The Bertz CT molecular complexity index is 1030. The van der Waals surface area contributed by atoms with E-state index in [4.69, 9.17) is 15.7 Å². The lowest BCUT2D eigenvalue weighted by molar-refractivity contribution is 0.410. The third-order valence-electron chi connectivity index (χ3n) is 5.57. The molecule has 0 atom stereocenters. The Kier molecular flexibility index (Phi) is 6.28. The monoisotopic (exact) mass is 521 g/mol. The van der Waals surface area contributed by atoms with Crippen LogP contribution in [0.4, 0.5) is 11.8 Å². The molecule has 1 aromatic carbocycles. The Morgan fingerprint density at radius 2 is 2.00 bits per heavy atom. The summed E-state index contributed by atoms with van der Waals surface area (Å²) in [6, 6.07) is 6.40. The van der Waals surface area contributed by atoms with Gasteiger partial charge in [0.05, 0.1) is 6.33 Å². The summed E-state index contributed by atoms with van der Waals surface area (Å²) in [6.07, 6.45) is 5.87. The number of hydrogen-bond donors (Lipinski definition) is 4. The molecule has 160 valence electrons. The number of hydrogen-bond acceptors (Lipinski definition) is 7. The van der Waals surface area contributed by atoms with Crippen LogP contribution in [-0.2, 0) is 6.54 Å².